The average molecular weight is 286 g/mol. The number of nitrogens with one attached hydrogen (secondary N) is 1. The van der Waals surface area contributed by atoms with E-state index in [1.165, 1.54) is 13.2 Å². The Bertz CT molecular complexity index is 641. The van der Waals surface area contributed by atoms with E-state index in [2.05, 4.69) is 5.32 Å². The minimum absolute atomic E-state index is 0.0579. The number of benzene rings is 2. The highest BCUT2D eigenvalue weighted by Gasteiger charge is 2.09. The molecule has 2 aromatic rings. The first kappa shape index (κ1) is 14.7. The minimum atomic E-state index is -0.248. The van der Waals surface area contributed by atoms with Crippen molar-refractivity contribution in [2.45, 2.75) is 6.42 Å². The van der Waals surface area contributed by atoms with Gasteiger partial charge in [0, 0.05) is 17.8 Å². The fraction of sp³-hybridized carbons (Fsp3) is 0.188. The number of phenols is 1. The van der Waals surface area contributed by atoms with Crippen LogP contribution in [0.15, 0.2) is 42.5 Å². The number of phenolic OH excluding ortho intramolecular Hbond substituents is 1. The zero-order chi connectivity index (χ0) is 15.2. The Morgan fingerprint density at radius 3 is 2.71 bits per heavy atom. The van der Waals surface area contributed by atoms with E-state index in [-0.39, 0.29) is 11.7 Å². The lowest BCUT2D eigenvalue weighted by Gasteiger charge is -2.09. The number of hydrogen-bond acceptors (Lipinski definition) is 4. The van der Waals surface area contributed by atoms with Crippen LogP contribution >= 0.6 is 0 Å². The van der Waals surface area contributed by atoms with Crippen molar-refractivity contribution >= 4 is 11.6 Å². The van der Waals surface area contributed by atoms with Crippen LogP contribution in [0, 0.1) is 0 Å². The molecule has 0 aliphatic rings. The molecule has 0 aromatic heterocycles. The van der Waals surface area contributed by atoms with Gasteiger partial charge in [0.05, 0.1) is 7.11 Å². The van der Waals surface area contributed by atoms with Crippen LogP contribution in [-0.4, -0.2) is 24.7 Å². The number of carbonyl (C=O) groups excluding carboxylic acids is 1. The fourth-order valence-corrected chi connectivity index (χ4v) is 2.01. The number of anilines is 1. The van der Waals surface area contributed by atoms with Gasteiger partial charge in [-0.2, -0.15) is 0 Å². The third kappa shape index (κ3) is 3.66. The Labute approximate surface area is 123 Å². The van der Waals surface area contributed by atoms with Crippen LogP contribution in [0.4, 0.5) is 5.69 Å². The van der Waals surface area contributed by atoms with Gasteiger partial charge in [0.15, 0.2) is 11.5 Å². The van der Waals surface area contributed by atoms with Crippen molar-refractivity contribution in [1.82, 2.24) is 5.32 Å². The van der Waals surface area contributed by atoms with E-state index < -0.39 is 0 Å². The van der Waals surface area contributed by atoms with Crippen molar-refractivity contribution in [2.75, 3.05) is 19.4 Å². The smallest absolute Gasteiger partial charge is 0.251 e. The molecule has 0 aliphatic heterocycles. The van der Waals surface area contributed by atoms with E-state index in [4.69, 9.17) is 10.5 Å². The molecule has 0 bridgehead atoms. The van der Waals surface area contributed by atoms with E-state index in [0.717, 1.165) is 5.56 Å². The third-order valence-corrected chi connectivity index (χ3v) is 3.18. The van der Waals surface area contributed by atoms with E-state index in [0.29, 0.717) is 30.0 Å². The molecule has 21 heavy (non-hydrogen) atoms. The number of rotatable bonds is 5. The molecule has 0 saturated carbocycles. The van der Waals surface area contributed by atoms with Crippen LogP contribution in [-0.2, 0) is 6.42 Å². The molecule has 0 saturated heterocycles. The summed E-state index contributed by atoms with van der Waals surface area (Å²) in [7, 11) is 1.46. The van der Waals surface area contributed by atoms with Crippen LogP contribution in [0.3, 0.4) is 0 Å². The zero-order valence-corrected chi connectivity index (χ0v) is 11.8. The Morgan fingerprint density at radius 2 is 2.05 bits per heavy atom. The summed E-state index contributed by atoms with van der Waals surface area (Å²) < 4.78 is 4.94. The number of amides is 1. The quantitative estimate of drug-likeness (QED) is 0.733. The molecular formula is C16H18N2O3. The molecule has 2 rings (SSSR count). The minimum Gasteiger partial charge on any atom is -0.504 e. The highest BCUT2D eigenvalue weighted by Crippen LogP contribution is 2.26. The number of aromatic hydroxyl groups is 1. The van der Waals surface area contributed by atoms with Gasteiger partial charge in [-0.1, -0.05) is 18.2 Å². The predicted molar refractivity (Wildman–Crippen MR) is 81.6 cm³/mol. The SMILES string of the molecule is COc1ccc(C(=O)NCCc2ccccc2N)cc1O. The molecule has 0 spiro atoms. The van der Waals surface area contributed by atoms with Crippen LogP contribution in [0.5, 0.6) is 11.5 Å². The lowest BCUT2D eigenvalue weighted by molar-refractivity contribution is 0.0953. The first-order chi connectivity index (χ1) is 10.1. The molecule has 5 heteroatoms. The van der Waals surface area contributed by atoms with Crippen molar-refractivity contribution in [3.05, 3.63) is 53.6 Å². The first-order valence-corrected chi connectivity index (χ1v) is 6.60. The monoisotopic (exact) mass is 286 g/mol. The molecule has 0 fully saturated rings. The second kappa shape index (κ2) is 6.65. The predicted octanol–water partition coefficient (Wildman–Crippen LogP) is 1.96. The standard InChI is InChI=1S/C16H18N2O3/c1-21-15-7-6-12(10-14(15)19)16(20)18-9-8-11-4-2-3-5-13(11)17/h2-7,10,19H,8-9,17H2,1H3,(H,18,20). The number of nitrogens with two attached hydrogens (primary N) is 1. The molecule has 0 heterocycles. The van der Waals surface area contributed by atoms with Crippen LogP contribution < -0.4 is 15.8 Å². The van der Waals surface area contributed by atoms with Crippen molar-refractivity contribution in [3.8, 4) is 11.5 Å². The Morgan fingerprint density at radius 1 is 1.29 bits per heavy atom. The number of nitrogen functional groups attached to an aromatic ring is 1. The topological polar surface area (TPSA) is 84.6 Å². The number of ether oxygens (including phenoxy) is 1. The average Bonchev–Trinajstić information content (AvgIpc) is 2.49. The Hall–Kier alpha value is -2.69. The summed E-state index contributed by atoms with van der Waals surface area (Å²) in [6.45, 7) is 0.472. The highest BCUT2D eigenvalue weighted by molar-refractivity contribution is 5.94. The summed E-state index contributed by atoms with van der Waals surface area (Å²) in [5.74, 6) is 0.0310. The van der Waals surface area contributed by atoms with Crippen molar-refractivity contribution < 1.29 is 14.6 Å². The largest absolute Gasteiger partial charge is 0.504 e. The lowest BCUT2D eigenvalue weighted by Crippen LogP contribution is -2.25. The number of carbonyl (C=O) groups is 1. The van der Waals surface area contributed by atoms with Gasteiger partial charge in [0.1, 0.15) is 0 Å². The lowest BCUT2D eigenvalue weighted by atomic mass is 10.1. The molecular weight excluding hydrogens is 268 g/mol. The summed E-state index contributed by atoms with van der Waals surface area (Å²) in [6.07, 6.45) is 0.653. The summed E-state index contributed by atoms with van der Waals surface area (Å²) in [5.41, 5.74) is 7.94. The molecule has 1 amide bonds. The van der Waals surface area contributed by atoms with E-state index >= 15 is 0 Å². The van der Waals surface area contributed by atoms with Gasteiger partial charge in [-0.3, -0.25) is 4.79 Å². The second-order valence-electron chi connectivity index (χ2n) is 4.59. The summed E-state index contributed by atoms with van der Waals surface area (Å²) in [5, 5.41) is 12.5. The van der Waals surface area contributed by atoms with Crippen LogP contribution in [0.1, 0.15) is 15.9 Å². The van der Waals surface area contributed by atoms with E-state index in [1.54, 1.807) is 12.1 Å². The third-order valence-electron chi connectivity index (χ3n) is 3.18. The molecule has 0 radical (unpaired) electrons. The van der Waals surface area contributed by atoms with Gasteiger partial charge in [0.2, 0.25) is 0 Å². The summed E-state index contributed by atoms with van der Waals surface area (Å²) in [6, 6.07) is 12.1. The highest BCUT2D eigenvalue weighted by atomic mass is 16.5. The maximum absolute atomic E-state index is 12.0. The number of methoxy groups -OCH3 is 1. The number of hydrogen-bond donors (Lipinski definition) is 3. The van der Waals surface area contributed by atoms with Crippen LogP contribution in [0.2, 0.25) is 0 Å². The number of para-hydroxylation sites is 1. The van der Waals surface area contributed by atoms with Gasteiger partial charge in [0.25, 0.3) is 5.91 Å². The molecule has 0 aliphatic carbocycles. The Balaban J connectivity index is 1.93. The molecule has 0 atom stereocenters. The van der Waals surface area contributed by atoms with E-state index in [9.17, 15) is 9.90 Å². The van der Waals surface area contributed by atoms with Gasteiger partial charge in [-0.25, -0.2) is 0 Å². The van der Waals surface area contributed by atoms with Crippen LogP contribution in [0.25, 0.3) is 0 Å². The van der Waals surface area contributed by atoms with Gasteiger partial charge in [-0.15, -0.1) is 0 Å². The van der Waals surface area contributed by atoms with Gasteiger partial charge in [-0.05, 0) is 36.2 Å². The molecule has 5 nitrogen and oxygen atoms in total. The molecule has 4 N–H and O–H groups in total. The summed E-state index contributed by atoms with van der Waals surface area (Å²) in [4.78, 5) is 12.0. The normalized spacial score (nSPS) is 10.1. The molecule has 2 aromatic carbocycles. The van der Waals surface area contributed by atoms with Crippen molar-refractivity contribution in [1.29, 1.82) is 0 Å². The van der Waals surface area contributed by atoms with Crippen molar-refractivity contribution in [2.24, 2.45) is 0 Å². The van der Waals surface area contributed by atoms with Crippen molar-refractivity contribution in [3.63, 3.8) is 0 Å². The maximum atomic E-state index is 12.0. The first-order valence-electron chi connectivity index (χ1n) is 6.60. The Kier molecular flexibility index (Phi) is 4.66. The van der Waals surface area contributed by atoms with Gasteiger partial charge < -0.3 is 20.9 Å². The second-order valence-corrected chi connectivity index (χ2v) is 4.59. The molecule has 110 valence electrons. The maximum Gasteiger partial charge on any atom is 0.251 e. The fourth-order valence-electron chi connectivity index (χ4n) is 2.01. The molecule has 0 unspecified atom stereocenters. The van der Waals surface area contributed by atoms with E-state index in [1.807, 2.05) is 24.3 Å². The van der Waals surface area contributed by atoms with Gasteiger partial charge >= 0.3 is 0 Å². The summed E-state index contributed by atoms with van der Waals surface area (Å²) >= 11 is 0. The zero-order valence-electron chi connectivity index (χ0n) is 11.8.